The minimum Gasteiger partial charge on any atom is -0.467 e. The first-order valence-corrected chi connectivity index (χ1v) is 5.19. The highest BCUT2D eigenvalue weighted by atomic mass is 79.9. The summed E-state index contributed by atoms with van der Waals surface area (Å²) < 4.78 is 5.17. The molecule has 0 aliphatic carbocycles. The van der Waals surface area contributed by atoms with Crippen molar-refractivity contribution in [3.63, 3.8) is 0 Å². The van der Waals surface area contributed by atoms with Crippen molar-refractivity contribution in [2.45, 2.75) is 13.0 Å². The zero-order valence-electron chi connectivity index (χ0n) is 7.20. The number of aliphatic hydroxyl groups is 1. The molecule has 0 aromatic carbocycles. The molecule has 3 nitrogen and oxygen atoms in total. The topological polar surface area (TPSA) is 46.5 Å². The molecule has 0 radical (unpaired) electrons. The second kappa shape index (κ2) is 4.21. The number of hydrogen-bond acceptors (Lipinski definition) is 4. The number of ether oxygens (including phenoxy) is 1. The van der Waals surface area contributed by atoms with E-state index in [1.807, 2.05) is 13.0 Å². The lowest BCUT2D eigenvalue weighted by Gasteiger charge is -2.05. The van der Waals surface area contributed by atoms with Crippen molar-refractivity contribution < 1.29 is 14.6 Å². The molecule has 1 N–H and O–H groups in total. The first kappa shape index (κ1) is 10.7. The van der Waals surface area contributed by atoms with Gasteiger partial charge in [0.15, 0.2) is 6.10 Å². The zero-order chi connectivity index (χ0) is 10.0. The maximum absolute atomic E-state index is 11.0. The lowest BCUT2D eigenvalue weighted by Crippen LogP contribution is -2.12. The van der Waals surface area contributed by atoms with Gasteiger partial charge in [-0.3, -0.25) is 0 Å². The summed E-state index contributed by atoms with van der Waals surface area (Å²) in [6.45, 7) is 1.91. The van der Waals surface area contributed by atoms with Crippen LogP contribution in [-0.4, -0.2) is 18.2 Å². The number of aryl methyl sites for hydroxylation is 1. The van der Waals surface area contributed by atoms with Crippen molar-refractivity contribution in [2.75, 3.05) is 7.11 Å². The molecule has 13 heavy (non-hydrogen) atoms. The number of aliphatic hydroxyl groups excluding tert-OH is 1. The molecule has 1 rings (SSSR count). The Kier molecular flexibility index (Phi) is 3.47. The fourth-order valence-electron chi connectivity index (χ4n) is 0.906. The summed E-state index contributed by atoms with van der Waals surface area (Å²) in [4.78, 5) is 12.6. The van der Waals surface area contributed by atoms with Crippen LogP contribution >= 0.6 is 27.3 Å². The number of hydrogen-bond donors (Lipinski definition) is 1. The van der Waals surface area contributed by atoms with Gasteiger partial charge < -0.3 is 9.84 Å². The standard InChI is InChI=1S/C8H9BrO3S/c1-4-3-5(9)7(13-4)6(10)8(11)12-2/h3,6,10H,1-2H3. The van der Waals surface area contributed by atoms with Crippen LogP contribution in [0.1, 0.15) is 15.9 Å². The molecule has 5 heteroatoms. The molecule has 1 heterocycles. The van der Waals surface area contributed by atoms with Gasteiger partial charge in [-0.15, -0.1) is 11.3 Å². The highest BCUT2D eigenvalue weighted by molar-refractivity contribution is 9.10. The third-order valence-electron chi connectivity index (χ3n) is 1.51. The predicted octanol–water partition coefficient (Wildman–Crippen LogP) is 2.03. The highest BCUT2D eigenvalue weighted by Crippen LogP contribution is 2.32. The van der Waals surface area contributed by atoms with E-state index >= 15 is 0 Å². The molecule has 0 saturated heterocycles. The van der Waals surface area contributed by atoms with Gasteiger partial charge in [0.1, 0.15) is 0 Å². The second-order valence-electron chi connectivity index (χ2n) is 2.49. The number of methoxy groups -OCH3 is 1. The number of esters is 1. The Morgan fingerprint density at radius 2 is 2.38 bits per heavy atom. The first-order chi connectivity index (χ1) is 6.06. The molecular formula is C8H9BrO3S. The van der Waals surface area contributed by atoms with Crippen molar-refractivity contribution >= 4 is 33.2 Å². The summed E-state index contributed by atoms with van der Waals surface area (Å²) in [6.07, 6.45) is -1.18. The number of carbonyl (C=O) groups excluding carboxylic acids is 1. The molecule has 1 atom stereocenters. The molecular weight excluding hydrogens is 256 g/mol. The Bertz CT molecular complexity index is 321. The number of rotatable bonds is 2. The summed E-state index contributed by atoms with van der Waals surface area (Å²) in [5.74, 6) is -0.637. The smallest absolute Gasteiger partial charge is 0.340 e. The second-order valence-corrected chi connectivity index (χ2v) is 4.64. The number of halogens is 1. The van der Waals surface area contributed by atoms with Crippen molar-refractivity contribution in [3.05, 3.63) is 20.3 Å². The van der Waals surface area contributed by atoms with Gasteiger partial charge in [0.2, 0.25) is 0 Å². The minimum absolute atomic E-state index is 0.587. The molecule has 1 unspecified atom stereocenters. The van der Waals surface area contributed by atoms with Crippen LogP contribution < -0.4 is 0 Å². The Balaban J connectivity index is 2.94. The molecule has 0 amide bonds. The van der Waals surface area contributed by atoms with E-state index in [0.29, 0.717) is 4.88 Å². The SMILES string of the molecule is COC(=O)C(O)c1sc(C)cc1Br. The van der Waals surface area contributed by atoms with E-state index in [0.717, 1.165) is 9.35 Å². The van der Waals surface area contributed by atoms with Gasteiger partial charge in [-0.05, 0) is 28.9 Å². The van der Waals surface area contributed by atoms with E-state index in [9.17, 15) is 9.90 Å². The molecule has 0 saturated carbocycles. The van der Waals surface area contributed by atoms with Crippen molar-refractivity contribution in [1.82, 2.24) is 0 Å². The molecule has 0 spiro atoms. The molecule has 1 aromatic heterocycles. The van der Waals surface area contributed by atoms with E-state index in [2.05, 4.69) is 20.7 Å². The molecule has 0 bridgehead atoms. The summed E-state index contributed by atoms with van der Waals surface area (Å²) in [7, 11) is 1.25. The third kappa shape index (κ3) is 2.30. The summed E-state index contributed by atoms with van der Waals surface area (Å²) in [5.41, 5.74) is 0. The van der Waals surface area contributed by atoms with E-state index in [1.165, 1.54) is 18.4 Å². The van der Waals surface area contributed by atoms with Crippen LogP contribution in [0.25, 0.3) is 0 Å². The van der Waals surface area contributed by atoms with Gasteiger partial charge in [-0.25, -0.2) is 4.79 Å². The van der Waals surface area contributed by atoms with E-state index < -0.39 is 12.1 Å². The van der Waals surface area contributed by atoms with Gasteiger partial charge in [0.05, 0.1) is 12.0 Å². The highest BCUT2D eigenvalue weighted by Gasteiger charge is 2.22. The van der Waals surface area contributed by atoms with Crippen LogP contribution in [0, 0.1) is 6.92 Å². The maximum atomic E-state index is 11.0. The van der Waals surface area contributed by atoms with E-state index in [4.69, 9.17) is 0 Å². The largest absolute Gasteiger partial charge is 0.467 e. The zero-order valence-corrected chi connectivity index (χ0v) is 9.61. The minimum atomic E-state index is -1.18. The summed E-state index contributed by atoms with van der Waals surface area (Å²) in [5, 5.41) is 9.49. The Morgan fingerprint density at radius 1 is 1.77 bits per heavy atom. The predicted molar refractivity (Wildman–Crippen MR) is 53.7 cm³/mol. The Hall–Kier alpha value is -0.390. The Labute approximate surface area is 88.5 Å². The number of thiophene rings is 1. The summed E-state index contributed by atoms with van der Waals surface area (Å²) in [6, 6.07) is 1.85. The Morgan fingerprint density at radius 3 is 2.77 bits per heavy atom. The molecule has 0 aliphatic rings. The quantitative estimate of drug-likeness (QED) is 0.832. The molecule has 1 aromatic rings. The third-order valence-corrected chi connectivity index (χ3v) is 3.53. The van der Waals surface area contributed by atoms with Gasteiger partial charge in [0.25, 0.3) is 0 Å². The van der Waals surface area contributed by atoms with Crippen LogP contribution in [0.3, 0.4) is 0 Å². The van der Waals surface area contributed by atoms with Gasteiger partial charge >= 0.3 is 5.97 Å². The molecule has 0 aliphatic heterocycles. The van der Waals surface area contributed by atoms with Gasteiger partial charge in [-0.2, -0.15) is 0 Å². The normalized spacial score (nSPS) is 12.6. The summed E-state index contributed by atoms with van der Waals surface area (Å²) >= 11 is 4.63. The van der Waals surface area contributed by atoms with Crippen molar-refractivity contribution in [1.29, 1.82) is 0 Å². The average molecular weight is 265 g/mol. The van der Waals surface area contributed by atoms with Crippen LogP contribution in [0.15, 0.2) is 10.5 Å². The molecule has 72 valence electrons. The fraction of sp³-hybridized carbons (Fsp3) is 0.375. The monoisotopic (exact) mass is 264 g/mol. The van der Waals surface area contributed by atoms with Gasteiger partial charge in [0, 0.05) is 9.35 Å². The van der Waals surface area contributed by atoms with Crippen molar-refractivity contribution in [2.24, 2.45) is 0 Å². The van der Waals surface area contributed by atoms with Crippen LogP contribution in [0.2, 0.25) is 0 Å². The van der Waals surface area contributed by atoms with E-state index in [-0.39, 0.29) is 0 Å². The number of carbonyl (C=O) groups is 1. The average Bonchev–Trinajstić information content (AvgIpc) is 2.42. The van der Waals surface area contributed by atoms with Crippen LogP contribution in [0.5, 0.6) is 0 Å². The van der Waals surface area contributed by atoms with E-state index in [1.54, 1.807) is 0 Å². The lowest BCUT2D eigenvalue weighted by molar-refractivity contribution is -0.150. The maximum Gasteiger partial charge on any atom is 0.340 e. The molecule has 0 fully saturated rings. The lowest BCUT2D eigenvalue weighted by atomic mass is 10.3. The van der Waals surface area contributed by atoms with Crippen molar-refractivity contribution in [3.8, 4) is 0 Å². The van der Waals surface area contributed by atoms with Crippen LogP contribution in [-0.2, 0) is 9.53 Å². The fourth-order valence-corrected chi connectivity index (χ4v) is 2.75. The van der Waals surface area contributed by atoms with Crippen LogP contribution in [0.4, 0.5) is 0 Å². The van der Waals surface area contributed by atoms with Gasteiger partial charge in [-0.1, -0.05) is 0 Å². The first-order valence-electron chi connectivity index (χ1n) is 3.58.